The number of hydrogen-bond acceptors (Lipinski definition) is 2. The lowest BCUT2D eigenvalue weighted by Gasteiger charge is -2.24. The van der Waals surface area contributed by atoms with Gasteiger partial charge in [-0.3, -0.25) is 0 Å². The zero-order chi connectivity index (χ0) is 8.97. The van der Waals surface area contributed by atoms with E-state index in [9.17, 15) is 5.21 Å². The zero-order valence-electron chi connectivity index (χ0n) is 8.01. The molecule has 2 atom stereocenters. The number of quaternary nitrogens is 1. The molecule has 2 unspecified atom stereocenters. The standard InChI is InChI=1S/C9H19NO2/c1-8(2)12-7-5-9-4-3-6-10(9)11/h8-10H,3-7H2,1-2H3. The van der Waals surface area contributed by atoms with Gasteiger partial charge in [0, 0.05) is 19.3 Å². The highest BCUT2D eigenvalue weighted by molar-refractivity contribution is 4.62. The summed E-state index contributed by atoms with van der Waals surface area (Å²) in [7, 11) is 0. The average molecular weight is 173 g/mol. The van der Waals surface area contributed by atoms with Crippen LogP contribution < -0.4 is 5.06 Å². The first-order valence-corrected chi connectivity index (χ1v) is 4.84. The molecule has 0 bridgehead atoms. The lowest BCUT2D eigenvalue weighted by molar-refractivity contribution is -0.861. The number of rotatable bonds is 4. The largest absolute Gasteiger partial charge is 0.634 e. The fourth-order valence-corrected chi connectivity index (χ4v) is 1.64. The number of hydrogen-bond donors (Lipinski definition) is 1. The van der Waals surface area contributed by atoms with Crippen LogP contribution in [0.15, 0.2) is 0 Å². The maximum atomic E-state index is 11.2. The Kier molecular flexibility index (Phi) is 3.98. The van der Waals surface area contributed by atoms with Crippen LogP contribution in [-0.2, 0) is 4.74 Å². The summed E-state index contributed by atoms with van der Waals surface area (Å²) in [4.78, 5) is 0. The van der Waals surface area contributed by atoms with Gasteiger partial charge in [0.25, 0.3) is 0 Å². The van der Waals surface area contributed by atoms with Gasteiger partial charge in [0.1, 0.15) is 0 Å². The second kappa shape index (κ2) is 4.80. The Morgan fingerprint density at radius 1 is 1.58 bits per heavy atom. The van der Waals surface area contributed by atoms with Gasteiger partial charge in [-0.05, 0) is 13.8 Å². The Bertz CT molecular complexity index is 128. The van der Waals surface area contributed by atoms with Crippen molar-refractivity contribution in [3.63, 3.8) is 0 Å². The third-order valence-corrected chi connectivity index (χ3v) is 2.35. The van der Waals surface area contributed by atoms with Gasteiger partial charge in [0.05, 0.1) is 25.3 Å². The van der Waals surface area contributed by atoms with E-state index in [0.29, 0.717) is 17.2 Å². The number of ether oxygens (including phenoxy) is 1. The summed E-state index contributed by atoms with van der Waals surface area (Å²) in [5.74, 6) is 0. The van der Waals surface area contributed by atoms with E-state index in [-0.39, 0.29) is 0 Å². The molecule has 0 amide bonds. The molecule has 1 heterocycles. The molecule has 1 aliphatic rings. The summed E-state index contributed by atoms with van der Waals surface area (Å²) in [5.41, 5.74) is 0. The highest BCUT2D eigenvalue weighted by Crippen LogP contribution is 2.04. The molecule has 3 heteroatoms. The molecule has 72 valence electrons. The van der Waals surface area contributed by atoms with E-state index >= 15 is 0 Å². The number of nitrogens with one attached hydrogen (secondary N) is 1. The van der Waals surface area contributed by atoms with Crippen molar-refractivity contribution in [3.8, 4) is 0 Å². The fourth-order valence-electron chi connectivity index (χ4n) is 1.64. The Labute approximate surface area is 74.3 Å². The van der Waals surface area contributed by atoms with Crippen molar-refractivity contribution in [2.45, 2.75) is 45.3 Å². The smallest absolute Gasteiger partial charge is 0.0896 e. The molecule has 1 N–H and O–H groups in total. The van der Waals surface area contributed by atoms with Gasteiger partial charge >= 0.3 is 0 Å². The Hall–Kier alpha value is -0.120. The van der Waals surface area contributed by atoms with Crippen molar-refractivity contribution < 1.29 is 9.80 Å². The minimum atomic E-state index is 0.293. The summed E-state index contributed by atoms with van der Waals surface area (Å²) in [6, 6.07) is 0.309. The molecule has 3 nitrogen and oxygen atoms in total. The average Bonchev–Trinajstić information content (AvgIpc) is 2.36. The van der Waals surface area contributed by atoms with Gasteiger partial charge in [-0.25, -0.2) is 0 Å². The predicted molar refractivity (Wildman–Crippen MR) is 47.9 cm³/mol. The summed E-state index contributed by atoms with van der Waals surface area (Å²) in [6.45, 7) is 5.59. The van der Waals surface area contributed by atoms with E-state index < -0.39 is 0 Å². The maximum absolute atomic E-state index is 11.2. The molecule has 0 aromatic heterocycles. The minimum absolute atomic E-state index is 0.293. The topological polar surface area (TPSA) is 36.7 Å². The lowest BCUT2D eigenvalue weighted by atomic mass is 10.2. The van der Waals surface area contributed by atoms with Gasteiger partial charge < -0.3 is 15.0 Å². The Morgan fingerprint density at radius 3 is 2.83 bits per heavy atom. The van der Waals surface area contributed by atoms with Crippen LogP contribution in [0.4, 0.5) is 0 Å². The van der Waals surface area contributed by atoms with Gasteiger partial charge in [0.15, 0.2) is 0 Å². The van der Waals surface area contributed by atoms with Crippen molar-refractivity contribution in [1.82, 2.24) is 0 Å². The lowest BCUT2D eigenvalue weighted by Crippen LogP contribution is -3.08. The first-order chi connectivity index (χ1) is 5.70. The Balaban J connectivity index is 2.06. The third kappa shape index (κ3) is 3.09. The molecule has 12 heavy (non-hydrogen) atoms. The van der Waals surface area contributed by atoms with Gasteiger partial charge in [0.2, 0.25) is 0 Å². The zero-order valence-corrected chi connectivity index (χ0v) is 8.01. The molecule has 0 radical (unpaired) electrons. The van der Waals surface area contributed by atoms with E-state index in [1.54, 1.807) is 0 Å². The van der Waals surface area contributed by atoms with Crippen LogP contribution in [0.3, 0.4) is 0 Å². The number of hydroxylamine groups is 2. The van der Waals surface area contributed by atoms with Crippen LogP contribution in [-0.4, -0.2) is 25.3 Å². The minimum Gasteiger partial charge on any atom is -0.634 e. The van der Waals surface area contributed by atoms with Crippen molar-refractivity contribution in [1.29, 1.82) is 0 Å². The summed E-state index contributed by atoms with van der Waals surface area (Å²) in [6.07, 6.45) is 3.39. The molecule has 0 aromatic carbocycles. The second-order valence-corrected chi connectivity index (χ2v) is 3.76. The highest BCUT2D eigenvalue weighted by Gasteiger charge is 2.21. The third-order valence-electron chi connectivity index (χ3n) is 2.35. The highest BCUT2D eigenvalue weighted by atomic mass is 16.5. The molecule has 0 spiro atoms. The monoisotopic (exact) mass is 173 g/mol. The van der Waals surface area contributed by atoms with Crippen molar-refractivity contribution in [2.75, 3.05) is 13.2 Å². The van der Waals surface area contributed by atoms with Crippen LogP contribution in [0.1, 0.15) is 33.1 Å². The SMILES string of the molecule is CC(C)OCCC1CCC[NH+]1[O-]. The summed E-state index contributed by atoms with van der Waals surface area (Å²) >= 11 is 0. The van der Waals surface area contributed by atoms with Crippen LogP contribution >= 0.6 is 0 Å². The van der Waals surface area contributed by atoms with Crippen LogP contribution in [0, 0.1) is 5.21 Å². The first kappa shape index (κ1) is 9.96. The molecular formula is C9H19NO2. The van der Waals surface area contributed by atoms with Crippen molar-refractivity contribution in [2.24, 2.45) is 0 Å². The van der Waals surface area contributed by atoms with E-state index in [4.69, 9.17) is 4.74 Å². The summed E-state index contributed by atoms with van der Waals surface area (Å²) in [5, 5.41) is 11.6. The van der Waals surface area contributed by atoms with Crippen LogP contribution in [0.2, 0.25) is 0 Å². The van der Waals surface area contributed by atoms with E-state index in [2.05, 4.69) is 0 Å². The molecule has 1 rings (SSSR count). The first-order valence-electron chi connectivity index (χ1n) is 4.84. The molecule has 1 aliphatic heterocycles. The molecule has 0 aromatic rings. The molecule has 0 saturated carbocycles. The van der Waals surface area contributed by atoms with Crippen LogP contribution in [0.5, 0.6) is 0 Å². The quantitative estimate of drug-likeness (QED) is 0.623. The summed E-state index contributed by atoms with van der Waals surface area (Å²) < 4.78 is 5.40. The normalized spacial score (nSPS) is 30.0. The van der Waals surface area contributed by atoms with Gasteiger partial charge in [-0.15, -0.1) is 0 Å². The van der Waals surface area contributed by atoms with E-state index in [0.717, 1.165) is 32.4 Å². The predicted octanol–water partition coefficient (Wildman–Crippen LogP) is 0.347. The van der Waals surface area contributed by atoms with Crippen LogP contribution in [0.25, 0.3) is 0 Å². The van der Waals surface area contributed by atoms with E-state index in [1.165, 1.54) is 0 Å². The fraction of sp³-hybridized carbons (Fsp3) is 1.00. The van der Waals surface area contributed by atoms with E-state index in [1.807, 2.05) is 13.8 Å². The molecular weight excluding hydrogens is 154 g/mol. The molecule has 0 aliphatic carbocycles. The Morgan fingerprint density at radius 2 is 2.33 bits per heavy atom. The molecule has 1 saturated heterocycles. The van der Waals surface area contributed by atoms with Crippen molar-refractivity contribution in [3.05, 3.63) is 5.21 Å². The maximum Gasteiger partial charge on any atom is 0.0896 e. The second-order valence-electron chi connectivity index (χ2n) is 3.76. The van der Waals surface area contributed by atoms with Crippen molar-refractivity contribution >= 4 is 0 Å². The molecule has 1 fully saturated rings. The van der Waals surface area contributed by atoms with Gasteiger partial charge in [-0.2, -0.15) is 0 Å². The van der Waals surface area contributed by atoms with Gasteiger partial charge in [-0.1, -0.05) is 0 Å².